The maximum absolute atomic E-state index is 12.3. The predicted octanol–water partition coefficient (Wildman–Crippen LogP) is 3.20. The number of ether oxygens (including phenoxy) is 1. The van der Waals surface area contributed by atoms with E-state index in [-0.39, 0.29) is 12.5 Å². The Labute approximate surface area is 130 Å². The molecule has 0 aliphatic carbocycles. The third-order valence-corrected chi connectivity index (χ3v) is 3.49. The lowest BCUT2D eigenvalue weighted by Crippen LogP contribution is -2.30. The van der Waals surface area contributed by atoms with E-state index in [1.165, 1.54) is 0 Å². The second-order valence-corrected chi connectivity index (χ2v) is 5.32. The fourth-order valence-corrected chi connectivity index (χ4v) is 2.21. The second kappa shape index (κ2) is 7.09. The minimum Gasteiger partial charge on any atom is -0.481 e. The van der Waals surface area contributed by atoms with Gasteiger partial charge in [0.1, 0.15) is 5.75 Å². The normalized spacial score (nSPS) is 11.8. The van der Waals surface area contributed by atoms with Crippen molar-refractivity contribution in [2.45, 2.75) is 33.5 Å². The molecule has 116 valence electrons. The van der Waals surface area contributed by atoms with Crippen molar-refractivity contribution >= 4 is 11.6 Å². The first-order valence-corrected chi connectivity index (χ1v) is 7.25. The average molecular weight is 299 g/mol. The van der Waals surface area contributed by atoms with Crippen LogP contribution in [0.3, 0.4) is 0 Å². The minimum absolute atomic E-state index is 0.0554. The third kappa shape index (κ3) is 3.86. The summed E-state index contributed by atoms with van der Waals surface area (Å²) >= 11 is 0. The Balaban J connectivity index is 2.06. The number of rotatable bonds is 5. The average Bonchev–Trinajstić information content (AvgIpc) is 2.51. The number of benzene rings is 2. The summed E-state index contributed by atoms with van der Waals surface area (Å²) in [4.78, 5) is 12.3. The fourth-order valence-electron chi connectivity index (χ4n) is 2.21. The smallest absolute Gasteiger partial charge is 0.265 e. The molecule has 0 aliphatic rings. The van der Waals surface area contributed by atoms with Gasteiger partial charge in [-0.25, -0.2) is 0 Å². The molecule has 1 atom stereocenters. The summed E-state index contributed by atoms with van der Waals surface area (Å²) in [5.74, 6) is 0.363. The SMILES string of the molecule is Cc1cccc(C)c1NC(=O)C(C)Oc1cccc(CO)c1. The Hall–Kier alpha value is -2.33. The highest BCUT2D eigenvalue weighted by Crippen LogP contribution is 2.20. The Morgan fingerprint density at radius 1 is 1.18 bits per heavy atom. The molecule has 2 aromatic carbocycles. The number of hydrogen-bond acceptors (Lipinski definition) is 3. The van der Waals surface area contributed by atoms with Crippen molar-refractivity contribution in [2.24, 2.45) is 0 Å². The van der Waals surface area contributed by atoms with E-state index >= 15 is 0 Å². The Morgan fingerprint density at radius 2 is 1.82 bits per heavy atom. The first-order valence-electron chi connectivity index (χ1n) is 7.25. The summed E-state index contributed by atoms with van der Waals surface area (Å²) in [6.07, 6.45) is -0.632. The molecule has 2 aromatic rings. The van der Waals surface area contributed by atoms with Crippen LogP contribution in [-0.2, 0) is 11.4 Å². The van der Waals surface area contributed by atoms with Gasteiger partial charge < -0.3 is 15.2 Å². The van der Waals surface area contributed by atoms with E-state index in [9.17, 15) is 4.79 Å². The first-order chi connectivity index (χ1) is 10.5. The lowest BCUT2D eigenvalue weighted by atomic mass is 10.1. The lowest BCUT2D eigenvalue weighted by Gasteiger charge is -2.17. The molecular weight excluding hydrogens is 278 g/mol. The molecule has 0 saturated heterocycles. The summed E-state index contributed by atoms with van der Waals surface area (Å²) in [7, 11) is 0. The van der Waals surface area contributed by atoms with Gasteiger partial charge in [-0.2, -0.15) is 0 Å². The Morgan fingerprint density at radius 3 is 2.45 bits per heavy atom. The number of para-hydroxylation sites is 1. The second-order valence-electron chi connectivity index (χ2n) is 5.32. The molecule has 0 aromatic heterocycles. The molecule has 4 nitrogen and oxygen atoms in total. The highest BCUT2D eigenvalue weighted by atomic mass is 16.5. The van der Waals surface area contributed by atoms with Crippen LogP contribution in [0, 0.1) is 13.8 Å². The van der Waals surface area contributed by atoms with E-state index in [2.05, 4.69) is 5.32 Å². The number of amides is 1. The van der Waals surface area contributed by atoms with Crippen LogP contribution in [0.1, 0.15) is 23.6 Å². The maximum Gasteiger partial charge on any atom is 0.265 e. The Kier molecular flexibility index (Phi) is 5.17. The van der Waals surface area contributed by atoms with Gasteiger partial charge in [0.15, 0.2) is 6.10 Å². The molecule has 4 heteroatoms. The number of aliphatic hydroxyl groups excluding tert-OH is 1. The van der Waals surface area contributed by atoms with Crippen LogP contribution in [0.5, 0.6) is 5.75 Å². The maximum atomic E-state index is 12.3. The molecule has 0 aliphatic heterocycles. The van der Waals surface area contributed by atoms with E-state index in [0.717, 1.165) is 22.4 Å². The van der Waals surface area contributed by atoms with Crippen molar-refractivity contribution in [1.82, 2.24) is 0 Å². The molecule has 0 radical (unpaired) electrons. The van der Waals surface area contributed by atoms with Gasteiger partial charge in [0.05, 0.1) is 6.61 Å². The standard InChI is InChI=1S/C18H21NO3/c1-12-6-4-7-13(2)17(12)19-18(21)14(3)22-16-9-5-8-15(10-16)11-20/h4-10,14,20H,11H2,1-3H3,(H,19,21). The third-order valence-electron chi connectivity index (χ3n) is 3.49. The number of hydrogen-bond donors (Lipinski definition) is 2. The van der Waals surface area contributed by atoms with Crippen LogP contribution >= 0.6 is 0 Å². The molecule has 0 fully saturated rings. The van der Waals surface area contributed by atoms with Gasteiger partial charge >= 0.3 is 0 Å². The molecule has 2 N–H and O–H groups in total. The monoisotopic (exact) mass is 299 g/mol. The van der Waals surface area contributed by atoms with E-state index in [1.54, 1.807) is 31.2 Å². The quantitative estimate of drug-likeness (QED) is 0.891. The van der Waals surface area contributed by atoms with Crippen LogP contribution in [0.25, 0.3) is 0 Å². The van der Waals surface area contributed by atoms with E-state index in [0.29, 0.717) is 5.75 Å². The van der Waals surface area contributed by atoms with Gasteiger partial charge in [0, 0.05) is 5.69 Å². The molecular formula is C18H21NO3. The zero-order valence-electron chi connectivity index (χ0n) is 13.1. The number of aryl methyl sites for hydroxylation is 2. The zero-order valence-corrected chi connectivity index (χ0v) is 13.1. The summed E-state index contributed by atoms with van der Waals surface area (Å²) in [5.41, 5.74) is 3.61. The van der Waals surface area contributed by atoms with Gasteiger partial charge in [-0.05, 0) is 49.6 Å². The summed E-state index contributed by atoms with van der Waals surface area (Å²) in [6.45, 7) is 5.56. The van der Waals surface area contributed by atoms with Gasteiger partial charge in [-0.15, -0.1) is 0 Å². The number of aliphatic hydroxyl groups is 1. The first kappa shape index (κ1) is 16.0. The molecule has 0 saturated carbocycles. The van der Waals surface area contributed by atoms with E-state index < -0.39 is 6.10 Å². The zero-order chi connectivity index (χ0) is 16.1. The van der Waals surface area contributed by atoms with Crippen molar-refractivity contribution < 1.29 is 14.6 Å². The van der Waals surface area contributed by atoms with Crippen LogP contribution in [0.2, 0.25) is 0 Å². The number of anilines is 1. The molecule has 22 heavy (non-hydrogen) atoms. The highest BCUT2D eigenvalue weighted by molar-refractivity contribution is 5.95. The van der Waals surface area contributed by atoms with Crippen LogP contribution in [0.4, 0.5) is 5.69 Å². The number of carbonyl (C=O) groups excluding carboxylic acids is 1. The van der Waals surface area contributed by atoms with Gasteiger partial charge in [-0.1, -0.05) is 30.3 Å². The molecule has 2 rings (SSSR count). The lowest BCUT2D eigenvalue weighted by molar-refractivity contribution is -0.122. The van der Waals surface area contributed by atoms with Crippen molar-refractivity contribution in [3.05, 3.63) is 59.2 Å². The molecule has 0 bridgehead atoms. The summed E-state index contributed by atoms with van der Waals surface area (Å²) in [5, 5.41) is 12.0. The highest BCUT2D eigenvalue weighted by Gasteiger charge is 2.16. The van der Waals surface area contributed by atoms with Crippen LogP contribution in [-0.4, -0.2) is 17.1 Å². The molecule has 1 amide bonds. The van der Waals surface area contributed by atoms with Crippen molar-refractivity contribution in [3.8, 4) is 5.75 Å². The van der Waals surface area contributed by atoms with Gasteiger partial charge in [0.25, 0.3) is 5.91 Å². The van der Waals surface area contributed by atoms with Crippen molar-refractivity contribution in [2.75, 3.05) is 5.32 Å². The predicted molar refractivity (Wildman–Crippen MR) is 87.0 cm³/mol. The van der Waals surface area contributed by atoms with Crippen molar-refractivity contribution in [1.29, 1.82) is 0 Å². The minimum atomic E-state index is -0.632. The topological polar surface area (TPSA) is 58.6 Å². The molecule has 0 spiro atoms. The van der Waals surface area contributed by atoms with Gasteiger partial charge in [0.2, 0.25) is 0 Å². The van der Waals surface area contributed by atoms with Crippen LogP contribution in [0.15, 0.2) is 42.5 Å². The number of carbonyl (C=O) groups is 1. The van der Waals surface area contributed by atoms with Crippen LogP contribution < -0.4 is 10.1 Å². The van der Waals surface area contributed by atoms with E-state index in [4.69, 9.17) is 9.84 Å². The number of nitrogens with one attached hydrogen (secondary N) is 1. The van der Waals surface area contributed by atoms with Crippen molar-refractivity contribution in [3.63, 3.8) is 0 Å². The Bertz CT molecular complexity index is 647. The molecule has 1 unspecified atom stereocenters. The largest absolute Gasteiger partial charge is 0.481 e. The van der Waals surface area contributed by atoms with Gasteiger partial charge in [-0.3, -0.25) is 4.79 Å². The molecule has 0 heterocycles. The summed E-state index contributed by atoms with van der Waals surface area (Å²) < 4.78 is 5.65. The van der Waals surface area contributed by atoms with E-state index in [1.807, 2.05) is 32.0 Å². The summed E-state index contributed by atoms with van der Waals surface area (Å²) in [6, 6.07) is 13.0. The fraction of sp³-hybridized carbons (Fsp3) is 0.278.